The van der Waals surface area contributed by atoms with Gasteiger partial charge in [0.05, 0.1) is 12.0 Å². The van der Waals surface area contributed by atoms with E-state index in [2.05, 4.69) is 20.7 Å². The van der Waals surface area contributed by atoms with Gasteiger partial charge in [0.1, 0.15) is 12.8 Å². The van der Waals surface area contributed by atoms with Gasteiger partial charge < -0.3 is 15.2 Å². The van der Waals surface area contributed by atoms with Crippen molar-refractivity contribution >= 4 is 12.3 Å². The molecular formula is C9H13N5O3. The Morgan fingerprint density at radius 2 is 2.47 bits per heavy atom. The monoisotopic (exact) mass is 239 g/mol. The molecule has 8 nitrogen and oxygen atoms in total. The topological polar surface area (TPSA) is 110 Å². The third-order valence-corrected chi connectivity index (χ3v) is 2.77. The van der Waals surface area contributed by atoms with Crippen LogP contribution in [0.15, 0.2) is 0 Å². The maximum Gasteiger partial charge on any atom is 0.306 e. The van der Waals surface area contributed by atoms with Crippen molar-refractivity contribution in [2.45, 2.75) is 25.4 Å². The Morgan fingerprint density at radius 3 is 3.18 bits per heavy atom. The standard InChI is InChI=1S/C9H13N5O3/c15-4-3-14-12-8(11-13-14)7-5-6(9(16)17)1-2-10-7/h4,6-7,10H,1-3,5H2,(H,16,17). The molecule has 2 atom stereocenters. The van der Waals surface area contributed by atoms with E-state index in [0.29, 0.717) is 31.5 Å². The van der Waals surface area contributed by atoms with Gasteiger partial charge in [0.25, 0.3) is 0 Å². The Hall–Kier alpha value is -1.83. The molecule has 1 aromatic rings. The molecule has 92 valence electrons. The molecule has 1 fully saturated rings. The van der Waals surface area contributed by atoms with Gasteiger partial charge in [-0.15, -0.1) is 10.2 Å². The van der Waals surface area contributed by atoms with Crippen molar-refractivity contribution in [2.24, 2.45) is 5.92 Å². The number of hydrogen-bond donors (Lipinski definition) is 2. The second kappa shape index (κ2) is 5.00. The number of nitrogens with zero attached hydrogens (tertiary/aromatic N) is 4. The van der Waals surface area contributed by atoms with Gasteiger partial charge in [0.2, 0.25) is 0 Å². The summed E-state index contributed by atoms with van der Waals surface area (Å²) < 4.78 is 0. The maximum absolute atomic E-state index is 10.9. The van der Waals surface area contributed by atoms with E-state index in [1.54, 1.807) is 0 Å². The lowest BCUT2D eigenvalue weighted by Crippen LogP contribution is -2.35. The van der Waals surface area contributed by atoms with E-state index in [9.17, 15) is 9.59 Å². The second-order valence-electron chi connectivity index (χ2n) is 3.94. The molecule has 0 bridgehead atoms. The van der Waals surface area contributed by atoms with Crippen LogP contribution < -0.4 is 5.32 Å². The lowest BCUT2D eigenvalue weighted by atomic mass is 9.92. The largest absolute Gasteiger partial charge is 0.481 e. The lowest BCUT2D eigenvalue weighted by Gasteiger charge is -2.25. The second-order valence-corrected chi connectivity index (χ2v) is 3.94. The van der Waals surface area contributed by atoms with Crippen molar-refractivity contribution in [3.05, 3.63) is 5.82 Å². The van der Waals surface area contributed by atoms with Gasteiger partial charge in [-0.25, -0.2) is 0 Å². The molecule has 2 heterocycles. The van der Waals surface area contributed by atoms with Gasteiger partial charge in [-0.3, -0.25) is 4.79 Å². The van der Waals surface area contributed by atoms with E-state index in [-0.39, 0.29) is 18.5 Å². The highest BCUT2D eigenvalue weighted by Crippen LogP contribution is 2.24. The minimum Gasteiger partial charge on any atom is -0.481 e. The van der Waals surface area contributed by atoms with E-state index in [1.807, 2.05) is 0 Å². The summed E-state index contributed by atoms with van der Waals surface area (Å²) in [6, 6.07) is -0.203. The third-order valence-electron chi connectivity index (χ3n) is 2.77. The van der Waals surface area contributed by atoms with Crippen LogP contribution in [0.1, 0.15) is 24.7 Å². The zero-order valence-electron chi connectivity index (χ0n) is 9.11. The average molecular weight is 239 g/mol. The first-order valence-corrected chi connectivity index (χ1v) is 5.38. The van der Waals surface area contributed by atoms with Gasteiger partial charge in [-0.1, -0.05) is 0 Å². The van der Waals surface area contributed by atoms with Crippen LogP contribution in [0.5, 0.6) is 0 Å². The quantitative estimate of drug-likeness (QED) is 0.648. The van der Waals surface area contributed by atoms with Crippen molar-refractivity contribution in [3.8, 4) is 0 Å². The number of tetrazole rings is 1. The Labute approximate surface area is 97.0 Å². The van der Waals surface area contributed by atoms with Gasteiger partial charge in [-0.05, 0) is 24.6 Å². The number of carbonyl (C=O) groups is 2. The highest BCUT2D eigenvalue weighted by atomic mass is 16.4. The fourth-order valence-corrected chi connectivity index (χ4v) is 1.88. The summed E-state index contributed by atoms with van der Waals surface area (Å²) in [7, 11) is 0. The first-order chi connectivity index (χ1) is 8.20. The van der Waals surface area contributed by atoms with E-state index in [0.717, 1.165) is 0 Å². The Balaban J connectivity index is 2.05. The molecule has 17 heavy (non-hydrogen) atoms. The molecule has 2 N–H and O–H groups in total. The highest BCUT2D eigenvalue weighted by Gasteiger charge is 2.29. The Morgan fingerprint density at radius 1 is 1.65 bits per heavy atom. The number of piperidine rings is 1. The molecule has 1 aliphatic rings. The number of aliphatic carboxylic acids is 1. The van der Waals surface area contributed by atoms with Crippen LogP contribution >= 0.6 is 0 Å². The number of carboxylic acid groups (broad SMARTS) is 1. The number of aromatic nitrogens is 4. The number of rotatable bonds is 4. The zero-order valence-corrected chi connectivity index (χ0v) is 9.11. The molecular weight excluding hydrogens is 226 g/mol. The Kier molecular flexibility index (Phi) is 3.43. The van der Waals surface area contributed by atoms with Crippen molar-refractivity contribution in [1.82, 2.24) is 25.5 Å². The van der Waals surface area contributed by atoms with Crippen molar-refractivity contribution in [2.75, 3.05) is 6.54 Å². The number of carbonyl (C=O) groups excluding carboxylic acids is 1. The van der Waals surface area contributed by atoms with Gasteiger partial charge in [0.15, 0.2) is 5.82 Å². The molecule has 0 aliphatic carbocycles. The summed E-state index contributed by atoms with van der Waals surface area (Å²) in [6.07, 6.45) is 1.73. The SMILES string of the molecule is O=CCn1nnc(C2CC(C(=O)O)CCN2)n1. The highest BCUT2D eigenvalue weighted by molar-refractivity contribution is 5.70. The van der Waals surface area contributed by atoms with Crippen LogP contribution in [-0.2, 0) is 16.1 Å². The van der Waals surface area contributed by atoms with E-state index >= 15 is 0 Å². The molecule has 1 aliphatic heterocycles. The van der Waals surface area contributed by atoms with Gasteiger partial charge >= 0.3 is 5.97 Å². The normalized spacial score (nSPS) is 24.5. The average Bonchev–Trinajstić information content (AvgIpc) is 2.78. The van der Waals surface area contributed by atoms with Crippen LogP contribution in [0, 0.1) is 5.92 Å². The van der Waals surface area contributed by atoms with Crippen LogP contribution in [0.4, 0.5) is 0 Å². The predicted octanol–water partition coefficient (Wildman–Crippen LogP) is -1.00. The molecule has 1 saturated heterocycles. The number of aldehydes is 1. The third kappa shape index (κ3) is 2.64. The van der Waals surface area contributed by atoms with E-state index in [4.69, 9.17) is 5.11 Å². The summed E-state index contributed by atoms with van der Waals surface area (Å²) in [6.45, 7) is 0.673. The Bertz CT molecular complexity index is 419. The van der Waals surface area contributed by atoms with Crippen LogP contribution in [-0.4, -0.2) is 44.1 Å². The fourth-order valence-electron chi connectivity index (χ4n) is 1.88. The summed E-state index contributed by atoms with van der Waals surface area (Å²) in [5.74, 6) is -0.728. The molecule has 1 aromatic heterocycles. The first kappa shape index (κ1) is 11.6. The lowest BCUT2D eigenvalue weighted by molar-refractivity contribution is -0.143. The van der Waals surface area contributed by atoms with Crippen LogP contribution in [0.3, 0.4) is 0 Å². The predicted molar refractivity (Wildman–Crippen MR) is 55.0 cm³/mol. The summed E-state index contributed by atoms with van der Waals surface area (Å²) >= 11 is 0. The molecule has 0 radical (unpaired) electrons. The fraction of sp³-hybridized carbons (Fsp3) is 0.667. The summed E-state index contributed by atoms with van der Waals surface area (Å²) in [4.78, 5) is 22.4. The van der Waals surface area contributed by atoms with Crippen molar-refractivity contribution in [3.63, 3.8) is 0 Å². The first-order valence-electron chi connectivity index (χ1n) is 5.38. The van der Waals surface area contributed by atoms with Gasteiger partial charge in [-0.2, -0.15) is 4.80 Å². The molecule has 8 heteroatoms. The van der Waals surface area contributed by atoms with Crippen molar-refractivity contribution in [1.29, 1.82) is 0 Å². The molecule has 0 spiro atoms. The van der Waals surface area contributed by atoms with E-state index in [1.165, 1.54) is 4.80 Å². The summed E-state index contributed by atoms with van der Waals surface area (Å²) in [5, 5.41) is 23.7. The smallest absolute Gasteiger partial charge is 0.306 e. The van der Waals surface area contributed by atoms with E-state index < -0.39 is 5.97 Å². The molecule has 0 aromatic carbocycles. The summed E-state index contributed by atoms with van der Waals surface area (Å²) in [5.41, 5.74) is 0. The minimum atomic E-state index is -0.795. The molecule has 0 amide bonds. The number of nitrogens with one attached hydrogen (secondary N) is 1. The van der Waals surface area contributed by atoms with Crippen LogP contribution in [0.25, 0.3) is 0 Å². The van der Waals surface area contributed by atoms with Crippen LogP contribution in [0.2, 0.25) is 0 Å². The molecule has 0 saturated carbocycles. The zero-order chi connectivity index (χ0) is 12.3. The van der Waals surface area contributed by atoms with Crippen molar-refractivity contribution < 1.29 is 14.7 Å². The van der Waals surface area contributed by atoms with Gasteiger partial charge in [0, 0.05) is 0 Å². The minimum absolute atomic E-state index is 0.0576. The number of carboxylic acids is 1. The molecule has 2 unspecified atom stereocenters. The molecule has 2 rings (SSSR count). The maximum atomic E-state index is 10.9. The number of hydrogen-bond acceptors (Lipinski definition) is 6.